The van der Waals surface area contributed by atoms with Crippen LogP contribution in [-0.2, 0) is 11.2 Å². The fourth-order valence-corrected chi connectivity index (χ4v) is 2.25. The van der Waals surface area contributed by atoms with Gasteiger partial charge in [0.15, 0.2) is 0 Å². The minimum absolute atomic E-state index is 0.156. The van der Waals surface area contributed by atoms with Gasteiger partial charge in [-0.1, -0.05) is 48.5 Å². The quantitative estimate of drug-likeness (QED) is 0.731. The molecule has 0 atom stereocenters. The van der Waals surface area contributed by atoms with Gasteiger partial charge in [-0.05, 0) is 12.1 Å². The Morgan fingerprint density at radius 1 is 1.00 bits per heavy atom. The first-order valence-electron chi connectivity index (χ1n) is 6.63. The highest BCUT2D eigenvalue weighted by Gasteiger charge is 2.12. The number of carboxylic acid groups (broad SMARTS) is 1. The number of hydrogen-bond acceptors (Lipinski definition) is 3. The van der Waals surface area contributed by atoms with Crippen LogP contribution in [-0.4, -0.2) is 15.7 Å². The minimum Gasteiger partial charge on any atom is -0.550 e. The zero-order chi connectivity index (χ0) is 14.7. The summed E-state index contributed by atoms with van der Waals surface area (Å²) in [5, 5.41) is 15.5. The van der Waals surface area contributed by atoms with Crippen LogP contribution in [0.1, 0.15) is 5.56 Å². The topological polar surface area (TPSA) is 57.9 Å². The van der Waals surface area contributed by atoms with Gasteiger partial charge in [-0.25, -0.2) is 4.68 Å². The Labute approximate surface area is 122 Å². The average Bonchev–Trinajstić information content (AvgIpc) is 2.92. The molecule has 0 N–H and O–H groups in total. The molecule has 21 heavy (non-hydrogen) atoms. The van der Waals surface area contributed by atoms with E-state index < -0.39 is 5.97 Å². The second-order valence-corrected chi connectivity index (χ2v) is 4.70. The summed E-state index contributed by atoms with van der Waals surface area (Å²) in [4.78, 5) is 10.9. The molecule has 0 aliphatic carbocycles. The number of aliphatic carboxylic acids is 1. The van der Waals surface area contributed by atoms with E-state index in [1.54, 1.807) is 10.9 Å². The van der Waals surface area contributed by atoms with Crippen LogP contribution >= 0.6 is 0 Å². The first-order valence-corrected chi connectivity index (χ1v) is 6.63. The van der Waals surface area contributed by atoms with Gasteiger partial charge in [-0.3, -0.25) is 0 Å². The average molecular weight is 277 g/mol. The third-order valence-corrected chi connectivity index (χ3v) is 3.19. The molecular weight excluding hydrogens is 264 g/mol. The minimum atomic E-state index is -1.11. The number of benzene rings is 2. The highest BCUT2D eigenvalue weighted by atomic mass is 16.4. The van der Waals surface area contributed by atoms with Gasteiger partial charge in [0.1, 0.15) is 0 Å². The van der Waals surface area contributed by atoms with Gasteiger partial charge >= 0.3 is 0 Å². The monoisotopic (exact) mass is 277 g/mol. The first-order chi connectivity index (χ1) is 10.2. The second kappa shape index (κ2) is 5.63. The summed E-state index contributed by atoms with van der Waals surface area (Å²) in [6.07, 6.45) is 1.59. The van der Waals surface area contributed by atoms with Crippen molar-refractivity contribution >= 4 is 5.97 Å². The smallest absolute Gasteiger partial charge is 0.0963 e. The van der Waals surface area contributed by atoms with Crippen LogP contribution in [0.25, 0.3) is 16.9 Å². The van der Waals surface area contributed by atoms with E-state index in [1.165, 1.54) is 0 Å². The van der Waals surface area contributed by atoms with Crippen molar-refractivity contribution in [2.24, 2.45) is 0 Å². The Morgan fingerprint density at radius 2 is 1.62 bits per heavy atom. The highest BCUT2D eigenvalue weighted by molar-refractivity contribution is 5.73. The molecule has 4 heteroatoms. The van der Waals surface area contributed by atoms with Crippen LogP contribution in [0.3, 0.4) is 0 Å². The third kappa shape index (κ3) is 2.84. The molecule has 4 nitrogen and oxygen atoms in total. The SMILES string of the molecule is O=C([O-])Cc1cn(-c2ccccc2)nc1-c1ccccc1. The first kappa shape index (κ1) is 13.1. The second-order valence-electron chi connectivity index (χ2n) is 4.70. The summed E-state index contributed by atoms with van der Waals surface area (Å²) in [5.41, 5.74) is 3.09. The standard InChI is InChI=1S/C17H14N2O2/c20-16(21)11-14-12-19(15-9-5-2-6-10-15)18-17(14)13-7-3-1-4-8-13/h1-10,12H,11H2,(H,20,21)/p-1. The van der Waals surface area contributed by atoms with E-state index in [0.717, 1.165) is 11.3 Å². The molecule has 0 saturated carbocycles. The molecule has 0 aliphatic heterocycles. The normalized spacial score (nSPS) is 10.5. The van der Waals surface area contributed by atoms with Crippen molar-refractivity contribution in [1.29, 1.82) is 0 Å². The molecule has 104 valence electrons. The molecule has 1 heterocycles. The molecule has 0 aliphatic rings. The number of nitrogens with zero attached hydrogens (tertiary/aromatic N) is 2. The van der Waals surface area contributed by atoms with Crippen molar-refractivity contribution in [3.05, 3.63) is 72.4 Å². The van der Waals surface area contributed by atoms with Gasteiger partial charge in [-0.15, -0.1) is 0 Å². The summed E-state index contributed by atoms with van der Waals surface area (Å²) >= 11 is 0. The van der Waals surface area contributed by atoms with E-state index in [-0.39, 0.29) is 6.42 Å². The van der Waals surface area contributed by atoms with Crippen LogP contribution in [0.2, 0.25) is 0 Å². The van der Waals surface area contributed by atoms with E-state index in [2.05, 4.69) is 5.10 Å². The maximum Gasteiger partial charge on any atom is 0.0963 e. The maximum absolute atomic E-state index is 10.9. The number of aromatic nitrogens is 2. The molecule has 2 aromatic carbocycles. The number of para-hydroxylation sites is 1. The van der Waals surface area contributed by atoms with Gasteiger partial charge in [0.05, 0.1) is 11.4 Å². The molecule has 0 saturated heterocycles. The van der Waals surface area contributed by atoms with E-state index in [1.807, 2.05) is 60.7 Å². The molecule has 0 spiro atoms. The van der Waals surface area contributed by atoms with Crippen molar-refractivity contribution < 1.29 is 9.90 Å². The number of carbonyl (C=O) groups is 1. The Kier molecular flexibility index (Phi) is 3.51. The zero-order valence-corrected chi connectivity index (χ0v) is 11.3. The van der Waals surface area contributed by atoms with Crippen molar-refractivity contribution in [2.75, 3.05) is 0 Å². The van der Waals surface area contributed by atoms with Crippen molar-refractivity contribution in [3.63, 3.8) is 0 Å². The molecule has 0 amide bonds. The van der Waals surface area contributed by atoms with Crippen molar-refractivity contribution in [3.8, 4) is 16.9 Å². The van der Waals surface area contributed by atoms with Crippen LogP contribution in [0.15, 0.2) is 66.9 Å². The summed E-state index contributed by atoms with van der Waals surface area (Å²) in [5.74, 6) is -1.11. The van der Waals surface area contributed by atoms with E-state index >= 15 is 0 Å². The number of rotatable bonds is 4. The van der Waals surface area contributed by atoms with Gasteiger partial charge in [0.25, 0.3) is 0 Å². The van der Waals surface area contributed by atoms with Crippen molar-refractivity contribution in [1.82, 2.24) is 9.78 Å². The van der Waals surface area contributed by atoms with Gasteiger partial charge < -0.3 is 9.90 Å². The number of hydrogen-bond donors (Lipinski definition) is 0. The van der Waals surface area contributed by atoms with Crippen molar-refractivity contribution in [2.45, 2.75) is 6.42 Å². The van der Waals surface area contributed by atoms with Crippen LogP contribution in [0.4, 0.5) is 0 Å². The highest BCUT2D eigenvalue weighted by Crippen LogP contribution is 2.23. The Hall–Kier alpha value is -2.88. The molecule has 0 fully saturated rings. The molecule has 0 bridgehead atoms. The fourth-order valence-electron chi connectivity index (χ4n) is 2.25. The maximum atomic E-state index is 10.9. The molecule has 3 rings (SSSR count). The Morgan fingerprint density at radius 3 is 2.24 bits per heavy atom. The zero-order valence-electron chi connectivity index (χ0n) is 11.3. The number of carbonyl (C=O) groups excluding carboxylic acids is 1. The summed E-state index contributed by atoms with van der Waals surface area (Å²) in [6.45, 7) is 0. The lowest BCUT2D eigenvalue weighted by atomic mass is 10.1. The van der Waals surface area contributed by atoms with Crippen LogP contribution in [0.5, 0.6) is 0 Å². The van der Waals surface area contributed by atoms with Gasteiger partial charge in [0, 0.05) is 29.7 Å². The molecule has 1 aromatic heterocycles. The Balaban J connectivity index is 2.10. The third-order valence-electron chi connectivity index (χ3n) is 3.19. The fraction of sp³-hybridized carbons (Fsp3) is 0.0588. The molecule has 0 unspecified atom stereocenters. The van der Waals surface area contributed by atoms with Crippen LogP contribution < -0.4 is 5.11 Å². The lowest BCUT2D eigenvalue weighted by Gasteiger charge is -2.02. The van der Waals surface area contributed by atoms with E-state index in [9.17, 15) is 9.90 Å². The lowest BCUT2D eigenvalue weighted by molar-refractivity contribution is -0.304. The van der Waals surface area contributed by atoms with E-state index in [0.29, 0.717) is 11.3 Å². The van der Waals surface area contributed by atoms with Gasteiger partial charge in [-0.2, -0.15) is 5.10 Å². The summed E-state index contributed by atoms with van der Waals surface area (Å²) in [7, 11) is 0. The Bertz CT molecular complexity index is 749. The lowest BCUT2D eigenvalue weighted by Crippen LogP contribution is -2.24. The van der Waals surface area contributed by atoms with Crippen LogP contribution in [0, 0.1) is 0 Å². The predicted molar refractivity (Wildman–Crippen MR) is 77.7 cm³/mol. The predicted octanol–water partition coefficient (Wildman–Crippen LogP) is 1.83. The summed E-state index contributed by atoms with van der Waals surface area (Å²) in [6, 6.07) is 19.1. The largest absolute Gasteiger partial charge is 0.550 e. The molecular formula is C17H13N2O2-. The van der Waals surface area contributed by atoms with E-state index in [4.69, 9.17) is 0 Å². The molecule has 0 radical (unpaired) electrons. The molecule has 3 aromatic rings. The van der Waals surface area contributed by atoms with Gasteiger partial charge in [0.2, 0.25) is 0 Å². The summed E-state index contributed by atoms with van der Waals surface area (Å²) < 4.78 is 1.70. The number of carboxylic acids is 1.